The molecule has 0 aromatic rings. The summed E-state index contributed by atoms with van der Waals surface area (Å²) in [5.74, 6) is 0. The number of hydrogen-bond acceptors (Lipinski definition) is 2. The van der Waals surface area contributed by atoms with Crippen LogP contribution in [0.25, 0.3) is 0 Å². The van der Waals surface area contributed by atoms with E-state index < -0.39 is 11.7 Å². The smallest absolute Gasteiger partial charge is 0.303 e. The van der Waals surface area contributed by atoms with Crippen molar-refractivity contribution in [1.29, 1.82) is 0 Å². The van der Waals surface area contributed by atoms with Crippen LogP contribution in [-0.4, -0.2) is 42.3 Å². The highest BCUT2D eigenvalue weighted by Crippen LogP contribution is 2.45. The Morgan fingerprint density at radius 2 is 2.13 bits per heavy atom. The fourth-order valence-electron chi connectivity index (χ4n) is 3.09. The molecule has 0 bridgehead atoms. The molecule has 0 radical (unpaired) electrons. The van der Waals surface area contributed by atoms with Crippen LogP contribution in [-0.2, 0) is 0 Å². The fourth-order valence-corrected chi connectivity index (χ4v) is 3.09. The predicted octanol–water partition coefficient (Wildman–Crippen LogP) is 1.77. The highest BCUT2D eigenvalue weighted by Gasteiger charge is 2.63. The largest absolute Gasteiger partial charge is 0.408 e. The summed E-state index contributed by atoms with van der Waals surface area (Å²) < 4.78 is 39.5. The van der Waals surface area contributed by atoms with E-state index in [2.05, 4.69) is 5.32 Å². The van der Waals surface area contributed by atoms with Crippen LogP contribution in [0, 0.1) is 0 Å². The minimum atomic E-state index is -4.13. The first kappa shape index (κ1) is 11.2. The molecule has 5 heteroatoms. The number of fused-ring (bicyclic) bond motifs is 1. The van der Waals surface area contributed by atoms with Gasteiger partial charge in [-0.25, -0.2) is 0 Å². The summed E-state index contributed by atoms with van der Waals surface area (Å²) in [6.07, 6.45) is -2.36. The molecule has 0 aromatic carbocycles. The predicted molar refractivity (Wildman–Crippen MR) is 51.7 cm³/mol. The second-order valence-electron chi connectivity index (χ2n) is 4.44. The average molecular weight is 222 g/mol. The van der Waals surface area contributed by atoms with Crippen molar-refractivity contribution < 1.29 is 13.2 Å². The molecule has 0 saturated carbocycles. The Hall–Kier alpha value is -0.290. The molecule has 0 spiro atoms. The number of halogens is 3. The highest BCUT2D eigenvalue weighted by atomic mass is 19.4. The van der Waals surface area contributed by atoms with Gasteiger partial charge in [0, 0.05) is 12.6 Å². The van der Waals surface area contributed by atoms with E-state index in [-0.39, 0.29) is 12.5 Å². The average Bonchev–Trinajstić information content (AvgIpc) is 2.67. The molecule has 2 rings (SSSR count). The molecular weight excluding hydrogens is 205 g/mol. The van der Waals surface area contributed by atoms with Gasteiger partial charge in [0.25, 0.3) is 0 Å². The van der Waals surface area contributed by atoms with Crippen molar-refractivity contribution in [2.24, 2.45) is 0 Å². The van der Waals surface area contributed by atoms with E-state index in [1.54, 1.807) is 6.92 Å². The minimum absolute atomic E-state index is 0.203. The summed E-state index contributed by atoms with van der Waals surface area (Å²) in [6, 6.07) is -0.336. The van der Waals surface area contributed by atoms with E-state index in [9.17, 15) is 13.2 Å². The van der Waals surface area contributed by atoms with Crippen LogP contribution < -0.4 is 5.32 Å². The topological polar surface area (TPSA) is 15.3 Å². The lowest BCUT2D eigenvalue weighted by molar-refractivity contribution is -0.201. The quantitative estimate of drug-likeness (QED) is 0.766. The summed E-state index contributed by atoms with van der Waals surface area (Å²) in [5.41, 5.74) is -1.64. The molecule has 2 heterocycles. The molecule has 2 fully saturated rings. The lowest BCUT2D eigenvalue weighted by Gasteiger charge is -2.37. The van der Waals surface area contributed by atoms with Gasteiger partial charge in [0.05, 0.1) is 0 Å². The summed E-state index contributed by atoms with van der Waals surface area (Å²) in [6.45, 7) is 3.53. The van der Waals surface area contributed by atoms with Crippen molar-refractivity contribution in [3.8, 4) is 0 Å². The van der Waals surface area contributed by atoms with Gasteiger partial charge in [0.15, 0.2) is 0 Å². The lowest BCUT2D eigenvalue weighted by Crippen LogP contribution is -2.62. The summed E-state index contributed by atoms with van der Waals surface area (Å²) in [7, 11) is 0. The monoisotopic (exact) mass is 222 g/mol. The second kappa shape index (κ2) is 3.63. The van der Waals surface area contributed by atoms with E-state index in [1.165, 1.54) is 0 Å². The first-order valence-electron chi connectivity index (χ1n) is 5.57. The second-order valence-corrected chi connectivity index (χ2v) is 4.44. The van der Waals surface area contributed by atoms with Gasteiger partial charge < -0.3 is 5.32 Å². The van der Waals surface area contributed by atoms with E-state index in [1.807, 2.05) is 4.90 Å². The van der Waals surface area contributed by atoms with Crippen molar-refractivity contribution in [3.05, 3.63) is 0 Å². The molecule has 1 N–H and O–H groups in total. The molecule has 2 unspecified atom stereocenters. The standard InChI is InChI=1S/C10H17F3N2/c1-2-14-9(10(11,12)13)5-7-15-6-3-4-8(9)15/h8,14H,2-7H2,1H3. The number of likely N-dealkylation sites (N-methyl/N-ethyl adjacent to an activating group) is 1. The number of nitrogens with one attached hydrogen (secondary N) is 1. The molecule has 88 valence electrons. The molecule has 2 saturated heterocycles. The Morgan fingerprint density at radius 1 is 1.40 bits per heavy atom. The molecule has 2 aliphatic heterocycles. The van der Waals surface area contributed by atoms with Crippen LogP contribution in [0.15, 0.2) is 0 Å². The number of alkyl halides is 3. The number of nitrogens with zero attached hydrogens (tertiary/aromatic N) is 1. The van der Waals surface area contributed by atoms with Crippen molar-refractivity contribution in [1.82, 2.24) is 10.2 Å². The first-order valence-corrected chi connectivity index (χ1v) is 5.57. The fraction of sp³-hybridized carbons (Fsp3) is 1.00. The van der Waals surface area contributed by atoms with Crippen LogP contribution in [0.5, 0.6) is 0 Å². The van der Waals surface area contributed by atoms with E-state index in [0.29, 0.717) is 19.5 Å². The molecule has 0 amide bonds. The third-order valence-electron chi connectivity index (χ3n) is 3.72. The number of rotatable bonds is 2. The molecular formula is C10H17F3N2. The third kappa shape index (κ3) is 1.56. The maximum Gasteiger partial charge on any atom is 0.408 e. The normalized spacial score (nSPS) is 37.2. The maximum atomic E-state index is 13.2. The lowest BCUT2D eigenvalue weighted by atomic mass is 9.88. The Morgan fingerprint density at radius 3 is 2.73 bits per heavy atom. The van der Waals surface area contributed by atoms with Crippen molar-refractivity contribution in [3.63, 3.8) is 0 Å². The summed E-state index contributed by atoms with van der Waals surface area (Å²) >= 11 is 0. The van der Waals surface area contributed by atoms with Gasteiger partial charge in [-0.1, -0.05) is 6.92 Å². The van der Waals surface area contributed by atoms with Crippen LogP contribution in [0.3, 0.4) is 0 Å². The van der Waals surface area contributed by atoms with Gasteiger partial charge >= 0.3 is 6.18 Å². The highest BCUT2D eigenvalue weighted by molar-refractivity contribution is 5.11. The third-order valence-corrected chi connectivity index (χ3v) is 3.72. The van der Waals surface area contributed by atoms with Gasteiger partial charge in [0.2, 0.25) is 0 Å². The molecule has 15 heavy (non-hydrogen) atoms. The van der Waals surface area contributed by atoms with Crippen molar-refractivity contribution in [2.75, 3.05) is 19.6 Å². The summed E-state index contributed by atoms with van der Waals surface area (Å²) in [5, 5.41) is 2.70. The summed E-state index contributed by atoms with van der Waals surface area (Å²) in [4.78, 5) is 1.98. The zero-order chi connectivity index (χ0) is 11.1. The Kier molecular flexibility index (Phi) is 2.71. The van der Waals surface area contributed by atoms with Crippen molar-refractivity contribution in [2.45, 2.75) is 43.9 Å². The number of hydrogen-bond donors (Lipinski definition) is 1. The van der Waals surface area contributed by atoms with Crippen LogP contribution in [0.1, 0.15) is 26.2 Å². The van der Waals surface area contributed by atoms with Gasteiger partial charge in [0.1, 0.15) is 5.54 Å². The SMILES string of the molecule is CCNC1(C(F)(F)F)CCN2CCCC21. The van der Waals surface area contributed by atoms with Gasteiger partial charge in [-0.05, 0) is 32.4 Å². The maximum absolute atomic E-state index is 13.2. The molecule has 2 atom stereocenters. The van der Waals surface area contributed by atoms with E-state index >= 15 is 0 Å². The van der Waals surface area contributed by atoms with E-state index in [0.717, 1.165) is 13.0 Å². The molecule has 2 aliphatic rings. The molecule has 2 nitrogen and oxygen atoms in total. The van der Waals surface area contributed by atoms with E-state index in [4.69, 9.17) is 0 Å². The van der Waals surface area contributed by atoms with Gasteiger partial charge in [-0.15, -0.1) is 0 Å². The first-order chi connectivity index (χ1) is 7.01. The minimum Gasteiger partial charge on any atom is -0.303 e. The Balaban J connectivity index is 2.26. The van der Waals surface area contributed by atoms with Gasteiger partial charge in [-0.3, -0.25) is 4.90 Å². The Labute approximate surface area is 87.8 Å². The van der Waals surface area contributed by atoms with Crippen molar-refractivity contribution >= 4 is 0 Å². The van der Waals surface area contributed by atoms with Crippen LogP contribution in [0.4, 0.5) is 13.2 Å². The molecule has 0 aromatic heterocycles. The molecule has 0 aliphatic carbocycles. The van der Waals surface area contributed by atoms with Gasteiger partial charge in [-0.2, -0.15) is 13.2 Å². The zero-order valence-electron chi connectivity index (χ0n) is 8.90. The zero-order valence-corrected chi connectivity index (χ0v) is 8.90. The van der Waals surface area contributed by atoms with Crippen LogP contribution >= 0.6 is 0 Å². The van der Waals surface area contributed by atoms with Crippen LogP contribution in [0.2, 0.25) is 0 Å². The Bertz CT molecular complexity index is 237.